The zero-order valence-electron chi connectivity index (χ0n) is 35.3. The van der Waals surface area contributed by atoms with Crippen LogP contribution in [-0.2, 0) is 11.2 Å². The first-order valence-corrected chi connectivity index (χ1v) is 21.1. The normalized spacial score (nSPS) is 12.3. The number of anilines is 4. The Morgan fingerprint density at radius 1 is 0.631 bits per heavy atom. The monoisotopic (exact) mass is 867 g/mol. The molecule has 0 unspecified atom stereocenters. The average molecular weight is 868 g/mol. The van der Waals surface area contributed by atoms with Crippen molar-refractivity contribution in [1.29, 1.82) is 0 Å². The maximum Gasteiger partial charge on any atom is 0.224 e. The summed E-state index contributed by atoms with van der Waals surface area (Å²) in [4.78, 5) is 41.1. The highest BCUT2D eigenvalue weighted by atomic mass is 19.1. The molecule has 0 aliphatic heterocycles. The van der Waals surface area contributed by atoms with Crippen LogP contribution in [0.3, 0.4) is 0 Å². The number of carbonyl (C=O) groups is 1. The fraction of sp³-hybridized carbons (Fsp3) is 0.160. The molecule has 1 aliphatic carbocycles. The van der Waals surface area contributed by atoms with E-state index in [-0.39, 0.29) is 24.1 Å². The molecule has 5 aromatic carbocycles. The van der Waals surface area contributed by atoms with Crippen molar-refractivity contribution in [3.63, 3.8) is 0 Å². The summed E-state index contributed by atoms with van der Waals surface area (Å²) in [6.45, 7) is 0.155. The SMILES string of the molecule is Nc1ncnc2ccc(-c3cc(F)cc(NC(=O)CC4CCCC4)c3)nc12.Nc1ncnc2ccc(-c3cccc(CCO)c3)cc12.Nc1ncnc2ccc(-c3cccc(O)c3)cc12. The van der Waals surface area contributed by atoms with E-state index < -0.39 is 5.82 Å². The summed E-state index contributed by atoms with van der Waals surface area (Å²) in [7, 11) is 0. The molecule has 65 heavy (non-hydrogen) atoms. The van der Waals surface area contributed by atoms with Crippen molar-refractivity contribution in [3.05, 3.63) is 146 Å². The highest BCUT2D eigenvalue weighted by molar-refractivity contribution is 5.94. The number of aromatic hydroxyl groups is 1. The van der Waals surface area contributed by atoms with Gasteiger partial charge in [0.15, 0.2) is 5.82 Å². The molecule has 9 N–H and O–H groups in total. The molecule has 1 saturated carbocycles. The lowest BCUT2D eigenvalue weighted by Crippen LogP contribution is -2.15. The molecule has 4 heterocycles. The molecule has 0 spiro atoms. The van der Waals surface area contributed by atoms with Crippen LogP contribution in [0.25, 0.3) is 66.4 Å². The fourth-order valence-electron chi connectivity index (χ4n) is 7.85. The predicted octanol–water partition coefficient (Wildman–Crippen LogP) is 8.93. The fourth-order valence-corrected chi connectivity index (χ4v) is 7.85. The number of aliphatic hydroxyl groups excluding tert-OH is 1. The summed E-state index contributed by atoms with van der Waals surface area (Å²) in [5, 5.41) is 23.0. The summed E-state index contributed by atoms with van der Waals surface area (Å²) in [5.41, 5.74) is 27.0. The van der Waals surface area contributed by atoms with E-state index in [1.807, 2.05) is 60.7 Å². The van der Waals surface area contributed by atoms with Crippen molar-refractivity contribution >= 4 is 61.9 Å². The van der Waals surface area contributed by atoms with Crippen LogP contribution >= 0.6 is 0 Å². The van der Waals surface area contributed by atoms with E-state index in [0.717, 1.165) is 62.5 Å². The van der Waals surface area contributed by atoms with Gasteiger partial charge in [-0.15, -0.1) is 0 Å². The minimum atomic E-state index is -0.442. The Hall–Kier alpha value is -8.17. The number of nitrogens with zero attached hydrogens (tertiary/aromatic N) is 7. The van der Waals surface area contributed by atoms with Gasteiger partial charge in [0.25, 0.3) is 0 Å². The van der Waals surface area contributed by atoms with Crippen molar-refractivity contribution in [1.82, 2.24) is 34.9 Å². The third-order valence-electron chi connectivity index (χ3n) is 11.1. The van der Waals surface area contributed by atoms with Gasteiger partial charge in [0, 0.05) is 35.1 Å². The molecule has 0 radical (unpaired) electrons. The van der Waals surface area contributed by atoms with Crippen molar-refractivity contribution < 1.29 is 19.4 Å². The standard InChI is InChI=1S/C20H20FN5O.C16H15N3O.C14H11N3O/c21-14-8-13(16-5-6-17-19(26-16)20(22)24-11-23-17)9-15(10-14)25-18(27)7-12-3-1-2-4-12;17-16-14-9-13(4-5-15(14)18-10-19-16)12-3-1-2-11(8-12)6-7-20;15-14-12-7-10(4-5-13(12)16-8-17-14)9-2-1-3-11(18)6-9/h5-6,8-12H,1-4,7H2,(H,25,27)(H2,22,23,24);1-5,8-10,20H,6-7H2,(H2,17,18,19);1-8,18H,(H2,15,16,17). The molecule has 14 nitrogen and oxygen atoms in total. The van der Waals surface area contributed by atoms with Gasteiger partial charge in [0.05, 0.1) is 22.2 Å². The minimum Gasteiger partial charge on any atom is -0.508 e. The van der Waals surface area contributed by atoms with Gasteiger partial charge in [0.1, 0.15) is 47.7 Å². The van der Waals surface area contributed by atoms with Gasteiger partial charge in [-0.3, -0.25) is 4.79 Å². The second-order valence-corrected chi connectivity index (χ2v) is 15.7. The Bertz CT molecular complexity index is 3150. The zero-order valence-corrected chi connectivity index (χ0v) is 35.3. The number of aliphatic hydroxyl groups is 1. The Kier molecular flexibility index (Phi) is 13.3. The second-order valence-electron chi connectivity index (χ2n) is 15.7. The number of phenols is 1. The topological polar surface area (TPSA) is 238 Å². The van der Waals surface area contributed by atoms with Gasteiger partial charge in [0.2, 0.25) is 5.91 Å². The number of nitrogen functional groups attached to an aromatic ring is 3. The van der Waals surface area contributed by atoms with Gasteiger partial charge < -0.3 is 32.7 Å². The van der Waals surface area contributed by atoms with E-state index in [9.17, 15) is 14.3 Å². The summed E-state index contributed by atoms with van der Waals surface area (Å²) in [6, 6.07) is 34.9. The number of carbonyl (C=O) groups excluding carboxylic acids is 1. The number of aromatic nitrogens is 7. The second kappa shape index (κ2) is 19.9. The lowest BCUT2D eigenvalue weighted by Gasteiger charge is -2.11. The summed E-state index contributed by atoms with van der Waals surface area (Å²) < 4.78 is 14.1. The molecule has 4 aromatic heterocycles. The molecule has 0 bridgehead atoms. The Morgan fingerprint density at radius 2 is 1.22 bits per heavy atom. The number of halogens is 1. The molecule has 10 rings (SSSR count). The number of pyridine rings is 1. The minimum absolute atomic E-state index is 0.0810. The molecular weight excluding hydrogens is 822 g/mol. The van der Waals surface area contributed by atoms with Crippen molar-refractivity contribution in [3.8, 4) is 39.3 Å². The number of rotatable bonds is 8. The van der Waals surface area contributed by atoms with E-state index in [4.69, 9.17) is 22.3 Å². The summed E-state index contributed by atoms with van der Waals surface area (Å²) in [6.07, 6.45) is 9.98. The molecule has 0 atom stereocenters. The van der Waals surface area contributed by atoms with E-state index >= 15 is 0 Å². The van der Waals surface area contributed by atoms with Crippen LogP contribution in [0.5, 0.6) is 5.75 Å². The van der Waals surface area contributed by atoms with Crippen molar-refractivity contribution in [2.24, 2.45) is 5.92 Å². The van der Waals surface area contributed by atoms with E-state index in [1.165, 1.54) is 44.0 Å². The average Bonchev–Trinajstić information content (AvgIpc) is 3.82. The van der Waals surface area contributed by atoms with Gasteiger partial charge in [-0.25, -0.2) is 39.3 Å². The van der Waals surface area contributed by atoms with Crippen LogP contribution in [0.4, 0.5) is 27.5 Å². The first-order chi connectivity index (χ1) is 31.6. The number of hydrogen-bond acceptors (Lipinski definition) is 13. The number of amides is 1. The number of nitrogens with two attached hydrogens (primary N) is 3. The molecule has 1 aliphatic rings. The number of nitrogens with one attached hydrogen (secondary N) is 1. The van der Waals surface area contributed by atoms with E-state index in [0.29, 0.717) is 58.4 Å². The van der Waals surface area contributed by atoms with Gasteiger partial charge in [-0.1, -0.05) is 61.4 Å². The van der Waals surface area contributed by atoms with Crippen LogP contribution in [-0.4, -0.2) is 57.6 Å². The van der Waals surface area contributed by atoms with Crippen molar-refractivity contribution in [2.75, 3.05) is 29.1 Å². The first-order valence-electron chi connectivity index (χ1n) is 21.1. The molecule has 1 fully saturated rings. The van der Waals surface area contributed by atoms with Gasteiger partial charge in [-0.2, -0.15) is 0 Å². The molecule has 15 heteroatoms. The lowest BCUT2D eigenvalue weighted by atomic mass is 10.0. The van der Waals surface area contributed by atoms with Crippen molar-refractivity contribution in [2.45, 2.75) is 38.5 Å². The molecule has 9 aromatic rings. The summed E-state index contributed by atoms with van der Waals surface area (Å²) >= 11 is 0. The van der Waals surface area contributed by atoms with Crippen LogP contribution in [0.15, 0.2) is 134 Å². The number of hydrogen-bond donors (Lipinski definition) is 6. The van der Waals surface area contributed by atoms with Crippen LogP contribution < -0.4 is 22.5 Å². The van der Waals surface area contributed by atoms with Crippen LogP contribution in [0.2, 0.25) is 0 Å². The highest BCUT2D eigenvalue weighted by Gasteiger charge is 2.19. The third kappa shape index (κ3) is 10.7. The first kappa shape index (κ1) is 43.5. The Morgan fingerprint density at radius 3 is 1.86 bits per heavy atom. The number of fused-ring (bicyclic) bond motifs is 3. The van der Waals surface area contributed by atoms with Crippen LogP contribution in [0.1, 0.15) is 37.7 Å². The lowest BCUT2D eigenvalue weighted by molar-refractivity contribution is -0.117. The number of benzene rings is 5. The maximum atomic E-state index is 14.1. The maximum absolute atomic E-state index is 14.1. The van der Waals surface area contributed by atoms with Gasteiger partial charge >= 0.3 is 0 Å². The molecule has 326 valence electrons. The summed E-state index contributed by atoms with van der Waals surface area (Å²) in [5.74, 6) is 1.37. The van der Waals surface area contributed by atoms with E-state index in [2.05, 4.69) is 46.3 Å². The quantitative estimate of drug-likeness (QED) is 0.0837. The smallest absolute Gasteiger partial charge is 0.224 e. The van der Waals surface area contributed by atoms with Crippen LogP contribution in [0, 0.1) is 11.7 Å². The molecule has 0 saturated heterocycles. The third-order valence-corrected chi connectivity index (χ3v) is 11.1. The molecular formula is C50H46FN11O3. The highest BCUT2D eigenvalue weighted by Crippen LogP contribution is 2.31. The zero-order chi connectivity index (χ0) is 45.3. The predicted molar refractivity (Wildman–Crippen MR) is 254 cm³/mol. The Labute approximate surface area is 373 Å². The van der Waals surface area contributed by atoms with Gasteiger partial charge in [-0.05, 0) is 120 Å². The van der Waals surface area contributed by atoms with E-state index in [1.54, 1.807) is 36.4 Å². The Balaban J connectivity index is 0.000000136. The number of phenolic OH excluding ortho intramolecular Hbond substituents is 1. The largest absolute Gasteiger partial charge is 0.508 e. The molecule has 1 amide bonds.